The van der Waals surface area contributed by atoms with Crippen LogP contribution in [0.1, 0.15) is 10.4 Å². The number of ketones is 1. The molecule has 0 saturated heterocycles. The van der Waals surface area contributed by atoms with Crippen LogP contribution in [0.2, 0.25) is 0 Å². The van der Waals surface area contributed by atoms with Gasteiger partial charge in [-0.3, -0.25) is 9.59 Å². The molecule has 3 aromatic rings. The van der Waals surface area contributed by atoms with Gasteiger partial charge in [0.25, 0.3) is 0 Å². The van der Waals surface area contributed by atoms with E-state index < -0.39 is 29.1 Å². The summed E-state index contributed by atoms with van der Waals surface area (Å²) < 4.78 is 31.7. The first-order chi connectivity index (χ1) is 13.0. The van der Waals surface area contributed by atoms with Crippen molar-refractivity contribution in [3.05, 3.63) is 78.4 Å². The monoisotopic (exact) mass is 383 g/mol. The van der Waals surface area contributed by atoms with E-state index in [1.807, 2.05) is 18.2 Å². The van der Waals surface area contributed by atoms with Crippen molar-refractivity contribution in [2.75, 3.05) is 13.2 Å². The molecule has 0 spiro atoms. The summed E-state index contributed by atoms with van der Waals surface area (Å²) in [4.78, 5) is 23.7. The molecule has 7 heteroatoms. The molecule has 0 aliphatic carbocycles. The average molecular weight is 383 g/mol. The number of hydrogen-bond donors (Lipinski definition) is 1. The topological polar surface area (TPSA) is 89.5 Å². The number of carbonyl (C=O) groups is 2. The van der Waals surface area contributed by atoms with Crippen LogP contribution in [-0.2, 0) is 19.6 Å². The minimum absolute atomic E-state index is 0.0503. The van der Waals surface area contributed by atoms with Crippen LogP contribution in [0.4, 0.5) is 0 Å². The van der Waals surface area contributed by atoms with E-state index in [1.54, 1.807) is 42.5 Å². The first kappa shape index (κ1) is 18.8. The third-order valence-corrected chi connectivity index (χ3v) is 5.30. The smallest absolute Gasteiger partial charge is 0.321 e. The van der Waals surface area contributed by atoms with Crippen LogP contribution in [0.25, 0.3) is 10.8 Å². The Balaban J connectivity index is 1.57. The second-order valence-corrected chi connectivity index (χ2v) is 7.55. The lowest BCUT2D eigenvalue weighted by Gasteiger charge is -2.08. The number of Topliss-reactive ketones (excluding diaryl/α,β-unsaturated/α-hetero) is 1. The Morgan fingerprint density at radius 1 is 0.852 bits per heavy atom. The molecule has 0 amide bonds. The van der Waals surface area contributed by atoms with Crippen molar-refractivity contribution < 1.29 is 22.7 Å². The van der Waals surface area contributed by atoms with Gasteiger partial charge in [-0.1, -0.05) is 60.7 Å². The summed E-state index contributed by atoms with van der Waals surface area (Å²) in [7, 11) is -3.87. The van der Waals surface area contributed by atoms with Gasteiger partial charge in [-0.2, -0.15) is 4.72 Å². The van der Waals surface area contributed by atoms with Gasteiger partial charge in [0.05, 0.1) is 4.90 Å². The second kappa shape index (κ2) is 8.11. The molecule has 138 valence electrons. The van der Waals surface area contributed by atoms with Crippen LogP contribution in [0.3, 0.4) is 0 Å². The third kappa shape index (κ3) is 4.78. The van der Waals surface area contributed by atoms with Gasteiger partial charge in [-0.25, -0.2) is 8.42 Å². The summed E-state index contributed by atoms with van der Waals surface area (Å²) in [5.41, 5.74) is 0.419. The number of esters is 1. The predicted octanol–water partition coefficient (Wildman–Crippen LogP) is 2.54. The number of carbonyl (C=O) groups excluding carboxylic acids is 2. The number of benzene rings is 3. The Kier molecular flexibility index (Phi) is 5.63. The van der Waals surface area contributed by atoms with Gasteiger partial charge < -0.3 is 4.74 Å². The van der Waals surface area contributed by atoms with Crippen molar-refractivity contribution in [1.29, 1.82) is 0 Å². The molecule has 0 aliphatic heterocycles. The quantitative estimate of drug-likeness (QED) is 0.500. The van der Waals surface area contributed by atoms with Crippen LogP contribution in [0, 0.1) is 0 Å². The highest BCUT2D eigenvalue weighted by Gasteiger charge is 2.17. The van der Waals surface area contributed by atoms with Gasteiger partial charge in [0.15, 0.2) is 12.4 Å². The predicted molar refractivity (Wildman–Crippen MR) is 101 cm³/mol. The molecule has 0 saturated carbocycles. The summed E-state index contributed by atoms with van der Waals surface area (Å²) >= 11 is 0. The molecule has 0 fully saturated rings. The largest absolute Gasteiger partial charge is 0.456 e. The summed E-state index contributed by atoms with van der Waals surface area (Å²) in [6.07, 6.45) is 0. The Hall–Kier alpha value is -3.03. The van der Waals surface area contributed by atoms with Crippen molar-refractivity contribution in [1.82, 2.24) is 4.72 Å². The molecule has 0 aromatic heterocycles. The summed E-state index contributed by atoms with van der Waals surface area (Å²) in [6.45, 7) is -1.00. The molecule has 0 bridgehead atoms. The van der Waals surface area contributed by atoms with Gasteiger partial charge >= 0.3 is 5.97 Å². The standard InChI is InChI=1S/C20H17NO5S/c22-19(16-7-2-1-3-8-16)14-26-20(23)13-21-27(24,25)18-11-10-15-6-4-5-9-17(15)12-18/h1-12,21H,13-14H2. The van der Waals surface area contributed by atoms with E-state index in [0.29, 0.717) is 5.56 Å². The molecule has 3 rings (SSSR count). The summed E-state index contributed by atoms with van der Waals surface area (Å²) in [6, 6.07) is 20.4. The van der Waals surface area contributed by atoms with E-state index in [4.69, 9.17) is 4.74 Å². The molecule has 27 heavy (non-hydrogen) atoms. The lowest BCUT2D eigenvalue weighted by molar-refractivity contribution is -0.141. The van der Waals surface area contributed by atoms with E-state index in [-0.39, 0.29) is 10.7 Å². The third-order valence-electron chi connectivity index (χ3n) is 3.90. The molecule has 0 heterocycles. The van der Waals surface area contributed by atoms with Gasteiger partial charge in [-0.15, -0.1) is 0 Å². The highest BCUT2D eigenvalue weighted by Crippen LogP contribution is 2.18. The first-order valence-electron chi connectivity index (χ1n) is 8.18. The van der Waals surface area contributed by atoms with Crippen LogP contribution >= 0.6 is 0 Å². The zero-order valence-electron chi connectivity index (χ0n) is 14.3. The number of rotatable bonds is 7. The molecule has 3 aromatic carbocycles. The fraction of sp³-hybridized carbons (Fsp3) is 0.100. The fourth-order valence-electron chi connectivity index (χ4n) is 2.48. The maximum absolute atomic E-state index is 12.4. The number of ether oxygens (including phenoxy) is 1. The Morgan fingerprint density at radius 2 is 1.52 bits per heavy atom. The maximum atomic E-state index is 12.4. The van der Waals surface area contributed by atoms with Gasteiger partial charge in [0.1, 0.15) is 6.54 Å². The van der Waals surface area contributed by atoms with Gasteiger partial charge in [0.2, 0.25) is 10.0 Å². The van der Waals surface area contributed by atoms with E-state index in [2.05, 4.69) is 4.72 Å². The fourth-order valence-corrected chi connectivity index (χ4v) is 3.48. The normalized spacial score (nSPS) is 11.3. The van der Waals surface area contributed by atoms with Gasteiger partial charge in [0, 0.05) is 5.56 Å². The summed E-state index contributed by atoms with van der Waals surface area (Å²) in [5.74, 6) is -1.19. The van der Waals surface area contributed by atoms with Crippen LogP contribution in [0.5, 0.6) is 0 Å². The average Bonchev–Trinajstić information content (AvgIpc) is 2.70. The van der Waals surface area contributed by atoms with Crippen molar-refractivity contribution in [3.63, 3.8) is 0 Å². The van der Waals surface area contributed by atoms with Crippen molar-refractivity contribution in [2.45, 2.75) is 4.90 Å². The molecule has 6 nitrogen and oxygen atoms in total. The minimum atomic E-state index is -3.87. The summed E-state index contributed by atoms with van der Waals surface area (Å²) in [5, 5.41) is 1.69. The number of sulfonamides is 1. The molecule has 0 radical (unpaired) electrons. The molecule has 0 atom stereocenters. The molecule has 1 N–H and O–H groups in total. The first-order valence-corrected chi connectivity index (χ1v) is 9.66. The molecule has 0 aliphatic rings. The Bertz CT molecular complexity index is 1080. The molecule has 0 unspecified atom stereocenters. The van der Waals surface area contributed by atoms with E-state index in [0.717, 1.165) is 10.8 Å². The van der Waals surface area contributed by atoms with Gasteiger partial charge in [-0.05, 0) is 22.9 Å². The lowest BCUT2D eigenvalue weighted by atomic mass is 10.1. The zero-order valence-corrected chi connectivity index (χ0v) is 15.1. The molecular formula is C20H17NO5S. The SMILES string of the molecule is O=C(CNS(=O)(=O)c1ccc2ccccc2c1)OCC(=O)c1ccccc1. The van der Waals surface area contributed by atoms with Crippen LogP contribution in [-0.4, -0.2) is 33.3 Å². The van der Waals surface area contributed by atoms with E-state index in [1.165, 1.54) is 12.1 Å². The number of nitrogens with one attached hydrogen (secondary N) is 1. The highest BCUT2D eigenvalue weighted by molar-refractivity contribution is 7.89. The second-order valence-electron chi connectivity index (χ2n) is 5.78. The minimum Gasteiger partial charge on any atom is -0.456 e. The van der Waals surface area contributed by atoms with Crippen molar-refractivity contribution >= 4 is 32.5 Å². The van der Waals surface area contributed by atoms with Crippen molar-refractivity contribution in [3.8, 4) is 0 Å². The van der Waals surface area contributed by atoms with E-state index >= 15 is 0 Å². The Morgan fingerprint density at radius 3 is 2.26 bits per heavy atom. The van der Waals surface area contributed by atoms with Crippen LogP contribution < -0.4 is 4.72 Å². The maximum Gasteiger partial charge on any atom is 0.321 e. The van der Waals surface area contributed by atoms with Crippen molar-refractivity contribution in [2.24, 2.45) is 0 Å². The van der Waals surface area contributed by atoms with Crippen LogP contribution in [0.15, 0.2) is 77.7 Å². The highest BCUT2D eigenvalue weighted by atomic mass is 32.2. The lowest BCUT2D eigenvalue weighted by Crippen LogP contribution is -2.31. The zero-order chi connectivity index (χ0) is 19.3. The Labute approximate surface area is 156 Å². The number of fused-ring (bicyclic) bond motifs is 1. The number of hydrogen-bond acceptors (Lipinski definition) is 5. The van der Waals surface area contributed by atoms with E-state index in [9.17, 15) is 18.0 Å². The molecular weight excluding hydrogens is 366 g/mol.